The van der Waals surface area contributed by atoms with E-state index in [4.69, 9.17) is 5.11 Å². The minimum absolute atomic E-state index is 0.0751. The van der Waals surface area contributed by atoms with Crippen LogP contribution in [-0.2, 0) is 0 Å². The van der Waals surface area contributed by atoms with Crippen LogP contribution in [0, 0.1) is 6.92 Å². The lowest BCUT2D eigenvalue weighted by molar-refractivity contribution is 0.0688. The molecule has 1 heterocycles. The van der Waals surface area contributed by atoms with Gasteiger partial charge in [-0.05, 0) is 19.1 Å². The highest BCUT2D eigenvalue weighted by Gasteiger charge is 2.13. The molecule has 2 aromatic rings. The number of rotatable bonds is 2. The van der Waals surface area contributed by atoms with Gasteiger partial charge in [0.05, 0.1) is 5.69 Å². The van der Waals surface area contributed by atoms with Crippen molar-refractivity contribution in [3.8, 4) is 5.69 Å². The first kappa shape index (κ1) is 10.2. The molecule has 0 amide bonds. The molecule has 0 unspecified atom stereocenters. The Bertz CT molecular complexity index is 578. The highest BCUT2D eigenvalue weighted by molar-refractivity contribution is 5.86. The van der Waals surface area contributed by atoms with Gasteiger partial charge in [-0.3, -0.25) is 4.57 Å². The van der Waals surface area contributed by atoms with Gasteiger partial charge in [0, 0.05) is 6.20 Å². The van der Waals surface area contributed by atoms with Gasteiger partial charge < -0.3 is 10.1 Å². The zero-order valence-corrected chi connectivity index (χ0v) is 8.60. The summed E-state index contributed by atoms with van der Waals surface area (Å²) in [6, 6.07) is 7.05. The number of nitrogens with zero attached hydrogens (tertiary/aromatic N) is 1. The normalized spacial score (nSPS) is 10.3. The van der Waals surface area contributed by atoms with Gasteiger partial charge in [-0.25, -0.2) is 9.59 Å². The maximum absolute atomic E-state index is 11.5. The van der Waals surface area contributed by atoms with Crippen LogP contribution in [0.15, 0.2) is 35.3 Å². The van der Waals surface area contributed by atoms with Gasteiger partial charge in [0.2, 0.25) is 0 Å². The van der Waals surface area contributed by atoms with Crippen molar-refractivity contribution in [3.63, 3.8) is 0 Å². The Morgan fingerprint density at radius 3 is 2.50 bits per heavy atom. The van der Waals surface area contributed by atoms with Crippen LogP contribution in [0.1, 0.15) is 16.1 Å². The van der Waals surface area contributed by atoms with Crippen molar-refractivity contribution in [3.05, 3.63) is 52.2 Å². The summed E-state index contributed by atoms with van der Waals surface area (Å²) in [5.41, 5.74) is 1.05. The highest BCUT2D eigenvalue weighted by atomic mass is 16.4. The molecule has 5 nitrogen and oxygen atoms in total. The van der Waals surface area contributed by atoms with E-state index < -0.39 is 11.7 Å². The van der Waals surface area contributed by atoms with E-state index in [2.05, 4.69) is 4.98 Å². The minimum Gasteiger partial charge on any atom is -0.477 e. The Labute approximate surface area is 91.0 Å². The maximum Gasteiger partial charge on any atom is 0.354 e. The molecule has 0 aliphatic carbocycles. The van der Waals surface area contributed by atoms with E-state index >= 15 is 0 Å². The van der Waals surface area contributed by atoms with Gasteiger partial charge in [-0.1, -0.05) is 17.7 Å². The van der Waals surface area contributed by atoms with E-state index in [9.17, 15) is 9.59 Å². The summed E-state index contributed by atoms with van der Waals surface area (Å²) < 4.78 is 1.13. The van der Waals surface area contributed by atoms with E-state index in [-0.39, 0.29) is 5.69 Å². The van der Waals surface area contributed by atoms with Gasteiger partial charge in [-0.15, -0.1) is 0 Å². The average Bonchev–Trinajstić information content (AvgIpc) is 2.62. The van der Waals surface area contributed by atoms with Crippen molar-refractivity contribution < 1.29 is 9.90 Å². The maximum atomic E-state index is 11.5. The molecule has 2 N–H and O–H groups in total. The van der Waals surface area contributed by atoms with Crippen LogP contribution in [0.25, 0.3) is 5.69 Å². The van der Waals surface area contributed by atoms with E-state index in [1.54, 1.807) is 12.1 Å². The van der Waals surface area contributed by atoms with Crippen molar-refractivity contribution in [2.45, 2.75) is 6.92 Å². The number of aromatic amines is 1. The summed E-state index contributed by atoms with van der Waals surface area (Å²) in [6.45, 7) is 1.92. The van der Waals surface area contributed by atoms with Crippen LogP contribution < -0.4 is 5.69 Å². The molecule has 0 bridgehead atoms. The lowest BCUT2D eigenvalue weighted by Gasteiger charge is -2.03. The topological polar surface area (TPSA) is 75.1 Å². The Morgan fingerprint density at radius 1 is 1.31 bits per heavy atom. The van der Waals surface area contributed by atoms with Gasteiger partial charge in [-0.2, -0.15) is 0 Å². The molecule has 1 aromatic carbocycles. The number of hydrogen-bond donors (Lipinski definition) is 2. The molecule has 0 fully saturated rings. The number of carbonyl (C=O) groups is 1. The lowest BCUT2D eigenvalue weighted by Crippen LogP contribution is -2.18. The Kier molecular flexibility index (Phi) is 2.36. The molecule has 0 saturated heterocycles. The third kappa shape index (κ3) is 1.63. The number of nitrogens with one attached hydrogen (secondary N) is 1. The number of aryl methyl sites for hydroxylation is 1. The number of carboxylic acid groups (broad SMARTS) is 1. The molecule has 0 aliphatic rings. The molecule has 1 aromatic heterocycles. The van der Waals surface area contributed by atoms with Crippen LogP contribution in [0.5, 0.6) is 0 Å². The first-order valence-corrected chi connectivity index (χ1v) is 4.70. The van der Waals surface area contributed by atoms with Crippen molar-refractivity contribution in [2.24, 2.45) is 0 Å². The highest BCUT2D eigenvalue weighted by Crippen LogP contribution is 2.09. The summed E-state index contributed by atoms with van der Waals surface area (Å²) in [4.78, 5) is 24.7. The number of aromatic carboxylic acids is 1. The lowest BCUT2D eigenvalue weighted by atomic mass is 10.2. The average molecular weight is 218 g/mol. The monoisotopic (exact) mass is 218 g/mol. The first-order valence-electron chi connectivity index (χ1n) is 4.70. The van der Waals surface area contributed by atoms with E-state index in [0.717, 1.165) is 10.1 Å². The fraction of sp³-hybridized carbons (Fsp3) is 0.0909. The van der Waals surface area contributed by atoms with Crippen molar-refractivity contribution in [1.29, 1.82) is 0 Å². The van der Waals surface area contributed by atoms with Crippen LogP contribution in [-0.4, -0.2) is 20.6 Å². The second-order valence-electron chi connectivity index (χ2n) is 3.46. The minimum atomic E-state index is -1.14. The van der Waals surface area contributed by atoms with Crippen LogP contribution in [0.2, 0.25) is 0 Å². The number of benzene rings is 1. The van der Waals surface area contributed by atoms with Gasteiger partial charge in [0.25, 0.3) is 0 Å². The molecule has 82 valence electrons. The number of H-pyrrole nitrogens is 1. The molecular weight excluding hydrogens is 208 g/mol. The van der Waals surface area contributed by atoms with E-state index in [1.165, 1.54) is 6.20 Å². The van der Waals surface area contributed by atoms with Crippen LogP contribution in [0.3, 0.4) is 0 Å². The Morgan fingerprint density at radius 2 is 1.94 bits per heavy atom. The number of aromatic nitrogens is 2. The van der Waals surface area contributed by atoms with Crippen molar-refractivity contribution in [2.75, 3.05) is 0 Å². The quantitative estimate of drug-likeness (QED) is 0.794. The molecule has 5 heteroatoms. The predicted molar refractivity (Wildman–Crippen MR) is 58.1 cm³/mol. The molecule has 0 atom stereocenters. The number of hydrogen-bond acceptors (Lipinski definition) is 2. The van der Waals surface area contributed by atoms with Gasteiger partial charge in [0.1, 0.15) is 0 Å². The summed E-state index contributed by atoms with van der Waals surface area (Å²) in [6.07, 6.45) is 1.19. The predicted octanol–water partition coefficient (Wildman–Crippen LogP) is 1.17. The molecule has 2 rings (SSSR count). The molecular formula is C11H10N2O3. The van der Waals surface area contributed by atoms with Gasteiger partial charge >= 0.3 is 11.7 Å². The second kappa shape index (κ2) is 3.69. The third-order valence-electron chi connectivity index (χ3n) is 2.29. The first-order chi connectivity index (χ1) is 7.59. The van der Waals surface area contributed by atoms with Gasteiger partial charge in [0.15, 0.2) is 5.69 Å². The molecule has 0 saturated carbocycles. The van der Waals surface area contributed by atoms with E-state index in [0.29, 0.717) is 5.69 Å². The zero-order chi connectivity index (χ0) is 11.7. The smallest absolute Gasteiger partial charge is 0.354 e. The fourth-order valence-corrected chi connectivity index (χ4v) is 1.48. The SMILES string of the molecule is Cc1ccc(-n2c(C(=O)O)c[nH]c2=O)cc1. The molecule has 16 heavy (non-hydrogen) atoms. The Hall–Kier alpha value is -2.30. The summed E-state index contributed by atoms with van der Waals surface area (Å²) in [5, 5.41) is 8.92. The molecule has 0 aliphatic heterocycles. The number of carboxylic acids is 1. The molecule has 0 radical (unpaired) electrons. The zero-order valence-electron chi connectivity index (χ0n) is 8.60. The largest absolute Gasteiger partial charge is 0.477 e. The van der Waals surface area contributed by atoms with E-state index in [1.807, 2.05) is 19.1 Å². The van der Waals surface area contributed by atoms with Crippen molar-refractivity contribution in [1.82, 2.24) is 9.55 Å². The molecule has 0 spiro atoms. The van der Waals surface area contributed by atoms with Crippen molar-refractivity contribution >= 4 is 5.97 Å². The standard InChI is InChI=1S/C11H10N2O3/c1-7-2-4-8(5-3-7)13-9(10(14)15)6-12-11(13)16/h2-6H,1H3,(H,12,16)(H,14,15). The Balaban J connectivity index is 2.63. The van der Waals surface area contributed by atoms with Crippen LogP contribution >= 0.6 is 0 Å². The fourth-order valence-electron chi connectivity index (χ4n) is 1.48. The summed E-state index contributed by atoms with van der Waals surface area (Å²) >= 11 is 0. The third-order valence-corrected chi connectivity index (χ3v) is 2.29. The van der Waals surface area contributed by atoms with Crippen LogP contribution in [0.4, 0.5) is 0 Å². The summed E-state index contributed by atoms with van der Waals surface area (Å²) in [7, 11) is 0. The second-order valence-corrected chi connectivity index (χ2v) is 3.46. The number of imidazole rings is 1. The summed E-state index contributed by atoms with van der Waals surface area (Å²) in [5.74, 6) is -1.14.